The summed E-state index contributed by atoms with van der Waals surface area (Å²) < 4.78 is 11.5. The molecule has 0 bridgehead atoms. The molecule has 0 unspecified atom stereocenters. The molecule has 2 rings (SSSR count). The number of nitrogens with zero attached hydrogens (tertiary/aromatic N) is 2. The van der Waals surface area contributed by atoms with Crippen molar-refractivity contribution < 1.29 is 9.47 Å². The van der Waals surface area contributed by atoms with E-state index in [4.69, 9.17) is 14.7 Å². The Balaban J connectivity index is 1.97. The van der Waals surface area contributed by atoms with Crippen LogP contribution in [0, 0.1) is 11.3 Å². The molecule has 0 N–H and O–H groups in total. The van der Waals surface area contributed by atoms with Crippen molar-refractivity contribution in [1.29, 1.82) is 5.26 Å². The molecule has 2 heterocycles. The van der Waals surface area contributed by atoms with E-state index in [1.165, 1.54) is 5.70 Å². The van der Waals surface area contributed by atoms with Crippen LogP contribution in [-0.4, -0.2) is 37.0 Å². The molecule has 0 aliphatic carbocycles. The van der Waals surface area contributed by atoms with Crippen LogP contribution >= 0.6 is 0 Å². The lowest BCUT2D eigenvalue weighted by molar-refractivity contribution is -0.182. The van der Waals surface area contributed by atoms with Gasteiger partial charge in [0.05, 0.1) is 19.3 Å². The highest BCUT2D eigenvalue weighted by atomic mass is 16.7. The van der Waals surface area contributed by atoms with Crippen LogP contribution in [0.1, 0.15) is 33.1 Å². The van der Waals surface area contributed by atoms with Gasteiger partial charge in [0, 0.05) is 37.2 Å². The predicted octanol–water partition coefficient (Wildman–Crippen LogP) is 2.59. The van der Waals surface area contributed by atoms with Crippen molar-refractivity contribution in [2.24, 2.45) is 0 Å². The second-order valence-corrected chi connectivity index (χ2v) is 5.07. The minimum Gasteiger partial charge on any atom is -0.374 e. The number of piperidine rings is 1. The summed E-state index contributed by atoms with van der Waals surface area (Å²) in [6.45, 7) is 7.34. The summed E-state index contributed by atoms with van der Waals surface area (Å²) in [4.78, 5) is 2.37. The van der Waals surface area contributed by atoms with E-state index in [9.17, 15) is 0 Å². The SMILES string of the molecule is CC/C(=C\C=C(/C)C#N)N1CCC2(CC1)OCCO2. The first kappa shape index (κ1) is 14.1. The summed E-state index contributed by atoms with van der Waals surface area (Å²) in [6, 6.07) is 2.14. The Morgan fingerprint density at radius 1 is 1.26 bits per heavy atom. The molecule has 2 aliphatic rings. The van der Waals surface area contributed by atoms with E-state index >= 15 is 0 Å². The Morgan fingerprint density at radius 2 is 1.89 bits per heavy atom. The third-order valence-corrected chi connectivity index (χ3v) is 3.81. The summed E-state index contributed by atoms with van der Waals surface area (Å²) in [7, 11) is 0. The number of rotatable bonds is 3. The number of hydrogen-bond acceptors (Lipinski definition) is 4. The van der Waals surface area contributed by atoms with Crippen molar-refractivity contribution in [1.82, 2.24) is 4.90 Å². The maximum atomic E-state index is 8.78. The van der Waals surface area contributed by atoms with Gasteiger partial charge in [0.1, 0.15) is 0 Å². The Bertz CT molecular complexity index is 404. The van der Waals surface area contributed by atoms with E-state index < -0.39 is 0 Å². The van der Waals surface area contributed by atoms with E-state index in [1.54, 1.807) is 0 Å². The molecule has 0 radical (unpaired) electrons. The Labute approximate surface area is 115 Å². The normalized spacial score (nSPS) is 23.7. The van der Waals surface area contributed by atoms with Crippen molar-refractivity contribution in [3.8, 4) is 6.07 Å². The number of hydrogen-bond donors (Lipinski definition) is 0. The molecule has 2 fully saturated rings. The molecule has 2 saturated heterocycles. The number of likely N-dealkylation sites (tertiary alicyclic amines) is 1. The van der Waals surface area contributed by atoms with Crippen molar-refractivity contribution in [2.75, 3.05) is 26.3 Å². The number of nitriles is 1. The summed E-state index contributed by atoms with van der Waals surface area (Å²) in [5.41, 5.74) is 2.02. The highest BCUT2D eigenvalue weighted by molar-refractivity contribution is 5.25. The largest absolute Gasteiger partial charge is 0.374 e. The molecule has 19 heavy (non-hydrogen) atoms. The zero-order chi connectivity index (χ0) is 13.7. The van der Waals surface area contributed by atoms with Crippen LogP contribution in [-0.2, 0) is 9.47 Å². The van der Waals surface area contributed by atoms with Crippen LogP contribution in [0.4, 0.5) is 0 Å². The van der Waals surface area contributed by atoms with E-state index in [0.29, 0.717) is 0 Å². The quantitative estimate of drug-likeness (QED) is 0.579. The molecule has 0 atom stereocenters. The number of ether oxygens (including phenoxy) is 2. The predicted molar refractivity (Wildman–Crippen MR) is 73.2 cm³/mol. The third-order valence-electron chi connectivity index (χ3n) is 3.81. The van der Waals surface area contributed by atoms with E-state index in [0.717, 1.165) is 51.1 Å². The molecular formula is C15H22N2O2. The molecule has 1 spiro atoms. The van der Waals surface area contributed by atoms with Crippen molar-refractivity contribution in [3.63, 3.8) is 0 Å². The average Bonchev–Trinajstić information content (AvgIpc) is 2.89. The highest BCUT2D eigenvalue weighted by Crippen LogP contribution is 2.32. The van der Waals surface area contributed by atoms with Crippen molar-refractivity contribution in [2.45, 2.75) is 38.9 Å². The van der Waals surface area contributed by atoms with Gasteiger partial charge in [-0.05, 0) is 25.5 Å². The van der Waals surface area contributed by atoms with Gasteiger partial charge < -0.3 is 14.4 Å². The second kappa shape index (κ2) is 6.23. The molecule has 0 aromatic carbocycles. The topological polar surface area (TPSA) is 45.5 Å². The van der Waals surface area contributed by atoms with Gasteiger partial charge in [-0.15, -0.1) is 0 Å². The lowest BCUT2D eigenvalue weighted by Crippen LogP contribution is -2.44. The maximum Gasteiger partial charge on any atom is 0.171 e. The van der Waals surface area contributed by atoms with Crippen LogP contribution < -0.4 is 0 Å². The summed E-state index contributed by atoms with van der Waals surface area (Å²) in [5.74, 6) is -0.312. The Morgan fingerprint density at radius 3 is 2.42 bits per heavy atom. The highest BCUT2D eigenvalue weighted by Gasteiger charge is 2.39. The van der Waals surface area contributed by atoms with Gasteiger partial charge >= 0.3 is 0 Å². The van der Waals surface area contributed by atoms with Crippen LogP contribution in [0.2, 0.25) is 0 Å². The summed E-state index contributed by atoms with van der Waals surface area (Å²) in [5, 5.41) is 8.78. The van der Waals surface area contributed by atoms with Crippen LogP contribution in [0.15, 0.2) is 23.4 Å². The van der Waals surface area contributed by atoms with Gasteiger partial charge in [-0.25, -0.2) is 0 Å². The summed E-state index contributed by atoms with van der Waals surface area (Å²) >= 11 is 0. The standard InChI is InChI=1S/C15H22N2O2/c1-3-14(5-4-13(2)12-16)17-8-6-15(7-9-17)18-10-11-19-15/h4-5H,3,6-11H2,1-2H3/b13-4+,14-5+. The van der Waals surface area contributed by atoms with E-state index in [1.807, 2.05) is 13.0 Å². The zero-order valence-electron chi connectivity index (χ0n) is 11.8. The fraction of sp³-hybridized carbons (Fsp3) is 0.667. The Kier molecular flexibility index (Phi) is 4.62. The first-order chi connectivity index (χ1) is 9.19. The first-order valence-electron chi connectivity index (χ1n) is 6.99. The first-order valence-corrected chi connectivity index (χ1v) is 6.99. The van der Waals surface area contributed by atoms with Gasteiger partial charge in [0.15, 0.2) is 5.79 Å². The maximum absolute atomic E-state index is 8.78. The smallest absolute Gasteiger partial charge is 0.171 e. The molecule has 0 saturated carbocycles. The van der Waals surface area contributed by atoms with Gasteiger partial charge in [0.2, 0.25) is 0 Å². The second-order valence-electron chi connectivity index (χ2n) is 5.07. The third kappa shape index (κ3) is 3.37. The fourth-order valence-electron chi connectivity index (χ4n) is 2.63. The fourth-order valence-corrected chi connectivity index (χ4v) is 2.63. The van der Waals surface area contributed by atoms with E-state index in [-0.39, 0.29) is 5.79 Å². The molecule has 0 aromatic rings. The van der Waals surface area contributed by atoms with Crippen LogP contribution in [0.25, 0.3) is 0 Å². The molecule has 0 aromatic heterocycles. The minimum absolute atomic E-state index is 0.312. The molecule has 4 heteroatoms. The lowest BCUT2D eigenvalue weighted by Gasteiger charge is -2.39. The lowest BCUT2D eigenvalue weighted by atomic mass is 10.0. The Hall–Kier alpha value is -1.31. The van der Waals surface area contributed by atoms with Crippen LogP contribution in [0.5, 0.6) is 0 Å². The van der Waals surface area contributed by atoms with Crippen molar-refractivity contribution >= 4 is 0 Å². The van der Waals surface area contributed by atoms with Gasteiger partial charge in [-0.2, -0.15) is 5.26 Å². The van der Waals surface area contributed by atoms with Gasteiger partial charge in [0.25, 0.3) is 0 Å². The van der Waals surface area contributed by atoms with E-state index in [2.05, 4.69) is 24.0 Å². The van der Waals surface area contributed by atoms with Gasteiger partial charge in [-0.1, -0.05) is 6.92 Å². The molecule has 0 amide bonds. The summed E-state index contributed by atoms with van der Waals surface area (Å²) in [6.07, 6.45) is 6.78. The van der Waals surface area contributed by atoms with Gasteiger partial charge in [-0.3, -0.25) is 0 Å². The van der Waals surface area contributed by atoms with Crippen LogP contribution in [0.3, 0.4) is 0 Å². The average molecular weight is 262 g/mol. The monoisotopic (exact) mass is 262 g/mol. The van der Waals surface area contributed by atoms with Crippen molar-refractivity contribution in [3.05, 3.63) is 23.4 Å². The molecule has 104 valence electrons. The minimum atomic E-state index is -0.312. The molecular weight excluding hydrogens is 240 g/mol. The molecule has 4 nitrogen and oxygen atoms in total. The number of allylic oxidation sites excluding steroid dienone is 4. The molecule has 2 aliphatic heterocycles. The zero-order valence-corrected chi connectivity index (χ0v) is 11.8.